The van der Waals surface area contributed by atoms with Crippen molar-refractivity contribution >= 4 is 38.4 Å². The van der Waals surface area contributed by atoms with Crippen molar-refractivity contribution in [1.82, 2.24) is 9.13 Å². The van der Waals surface area contributed by atoms with Crippen LogP contribution in [-0.2, 0) is 33.7 Å². The first-order chi connectivity index (χ1) is 14.1. The monoisotopic (exact) mass is 434 g/mol. The Balaban J connectivity index is 2.19. The van der Waals surface area contributed by atoms with Crippen LogP contribution in [-0.4, -0.2) is 42.1 Å². The van der Waals surface area contributed by atoms with Gasteiger partial charge in [-0.1, -0.05) is 6.07 Å². The fourth-order valence-corrected chi connectivity index (χ4v) is 4.45. The van der Waals surface area contributed by atoms with E-state index in [9.17, 15) is 28.1 Å². The number of benzene rings is 2. The standard InChI is InChI=1S/C18H18N4O7S/c1-19-15-8-7-14(10-16(15)20(2)18(19)24)30(27,28)21(11-17(23)29-3)12-5-4-6-13(9-12)22(25)26/h4-10H,11H2,1-3H3. The zero-order valence-corrected chi connectivity index (χ0v) is 17.1. The summed E-state index contributed by atoms with van der Waals surface area (Å²) in [5.74, 6) is -0.849. The molecule has 2 aromatic carbocycles. The molecule has 3 rings (SSSR count). The number of fused-ring (bicyclic) bond motifs is 1. The predicted octanol–water partition coefficient (Wildman–Crippen LogP) is 1.15. The Kier molecular flexibility index (Phi) is 5.35. The number of anilines is 1. The first-order valence-corrected chi connectivity index (χ1v) is 10.0. The van der Waals surface area contributed by atoms with Gasteiger partial charge >= 0.3 is 11.7 Å². The maximum atomic E-state index is 13.4. The molecule has 0 N–H and O–H groups in total. The average molecular weight is 434 g/mol. The molecule has 0 aliphatic heterocycles. The number of nitro benzene ring substituents is 1. The molecule has 3 aromatic rings. The SMILES string of the molecule is COC(=O)CN(c1cccc([N+](=O)[O-])c1)S(=O)(=O)c1ccc2c(c1)n(C)c(=O)n2C. The highest BCUT2D eigenvalue weighted by atomic mass is 32.2. The van der Waals surface area contributed by atoms with Crippen molar-refractivity contribution in [2.45, 2.75) is 4.90 Å². The molecule has 0 fully saturated rings. The van der Waals surface area contributed by atoms with Crippen molar-refractivity contribution in [2.75, 3.05) is 18.0 Å². The number of sulfonamides is 1. The van der Waals surface area contributed by atoms with Gasteiger partial charge in [-0.3, -0.25) is 28.3 Å². The molecule has 0 bridgehead atoms. The molecule has 0 radical (unpaired) electrons. The van der Waals surface area contributed by atoms with Crippen LogP contribution in [0, 0.1) is 10.1 Å². The first-order valence-electron chi connectivity index (χ1n) is 8.57. The van der Waals surface area contributed by atoms with Crippen molar-refractivity contribution in [3.05, 3.63) is 63.1 Å². The van der Waals surface area contributed by atoms with Gasteiger partial charge in [0.1, 0.15) is 6.54 Å². The zero-order chi connectivity index (χ0) is 22.2. The van der Waals surface area contributed by atoms with Gasteiger partial charge in [0.15, 0.2) is 0 Å². The maximum Gasteiger partial charge on any atom is 0.328 e. The molecule has 1 heterocycles. The van der Waals surface area contributed by atoms with E-state index in [-0.39, 0.29) is 22.0 Å². The average Bonchev–Trinajstić information content (AvgIpc) is 2.95. The summed E-state index contributed by atoms with van der Waals surface area (Å²) < 4.78 is 34.7. The quantitative estimate of drug-likeness (QED) is 0.323. The topological polar surface area (TPSA) is 134 Å². The molecule has 1 aromatic heterocycles. The van der Waals surface area contributed by atoms with E-state index >= 15 is 0 Å². The number of nitro groups is 1. The Morgan fingerprint density at radius 1 is 1.13 bits per heavy atom. The summed E-state index contributed by atoms with van der Waals surface area (Å²) in [6, 6.07) is 9.01. The normalized spacial score (nSPS) is 11.4. The van der Waals surface area contributed by atoms with Crippen LogP contribution in [0.2, 0.25) is 0 Å². The van der Waals surface area contributed by atoms with Gasteiger partial charge in [0, 0.05) is 26.2 Å². The molecular weight excluding hydrogens is 416 g/mol. The predicted molar refractivity (Wildman–Crippen MR) is 108 cm³/mol. The molecule has 0 spiro atoms. The van der Waals surface area contributed by atoms with Crippen LogP contribution in [0.4, 0.5) is 11.4 Å². The fraction of sp³-hybridized carbons (Fsp3) is 0.222. The van der Waals surface area contributed by atoms with E-state index in [1.54, 1.807) is 7.05 Å². The van der Waals surface area contributed by atoms with Gasteiger partial charge in [-0.25, -0.2) is 13.2 Å². The van der Waals surface area contributed by atoms with Crippen LogP contribution in [0.15, 0.2) is 52.2 Å². The summed E-state index contributed by atoms with van der Waals surface area (Å²) >= 11 is 0. The lowest BCUT2D eigenvalue weighted by Gasteiger charge is -2.23. The smallest absolute Gasteiger partial charge is 0.328 e. The molecule has 0 aliphatic carbocycles. The summed E-state index contributed by atoms with van der Waals surface area (Å²) in [4.78, 5) is 34.3. The van der Waals surface area contributed by atoms with E-state index in [2.05, 4.69) is 4.74 Å². The highest BCUT2D eigenvalue weighted by Gasteiger charge is 2.29. The van der Waals surface area contributed by atoms with Crippen molar-refractivity contribution < 1.29 is 22.9 Å². The number of hydrogen-bond donors (Lipinski definition) is 0. The summed E-state index contributed by atoms with van der Waals surface area (Å²) in [7, 11) is -0.156. The van der Waals surface area contributed by atoms with Crippen molar-refractivity contribution in [3.63, 3.8) is 0 Å². The lowest BCUT2D eigenvalue weighted by molar-refractivity contribution is -0.384. The number of hydrogen-bond acceptors (Lipinski definition) is 7. The second kappa shape index (κ2) is 7.63. The lowest BCUT2D eigenvalue weighted by atomic mass is 10.3. The Morgan fingerprint density at radius 3 is 2.43 bits per heavy atom. The Morgan fingerprint density at radius 2 is 1.80 bits per heavy atom. The Labute approximate surface area is 170 Å². The van der Waals surface area contributed by atoms with Crippen molar-refractivity contribution in [2.24, 2.45) is 14.1 Å². The van der Waals surface area contributed by atoms with E-state index in [1.807, 2.05) is 0 Å². The molecule has 0 saturated carbocycles. The molecule has 158 valence electrons. The van der Waals surface area contributed by atoms with E-state index in [0.29, 0.717) is 11.0 Å². The highest BCUT2D eigenvalue weighted by Crippen LogP contribution is 2.28. The minimum Gasteiger partial charge on any atom is -0.468 e. The molecule has 12 heteroatoms. The number of carbonyl (C=O) groups is 1. The molecule has 11 nitrogen and oxygen atoms in total. The maximum absolute atomic E-state index is 13.4. The van der Waals surface area contributed by atoms with Gasteiger partial charge < -0.3 is 4.74 Å². The van der Waals surface area contributed by atoms with Crippen molar-refractivity contribution in [3.8, 4) is 0 Å². The van der Waals surface area contributed by atoms with Gasteiger partial charge in [-0.05, 0) is 24.3 Å². The number of non-ortho nitro benzene ring substituents is 1. The van der Waals surface area contributed by atoms with Gasteiger partial charge in [-0.15, -0.1) is 0 Å². The second-order valence-corrected chi connectivity index (χ2v) is 8.28. The summed E-state index contributed by atoms with van der Waals surface area (Å²) in [6.07, 6.45) is 0. The van der Waals surface area contributed by atoms with Crippen LogP contribution in [0.1, 0.15) is 0 Å². The zero-order valence-electron chi connectivity index (χ0n) is 16.3. The Hall–Kier alpha value is -3.67. The minimum absolute atomic E-state index is 0.0725. The molecule has 0 atom stereocenters. The van der Waals surface area contributed by atoms with Gasteiger partial charge in [0.05, 0.1) is 33.6 Å². The van der Waals surface area contributed by atoms with E-state index < -0.39 is 27.5 Å². The summed E-state index contributed by atoms with van der Waals surface area (Å²) in [6.45, 7) is -0.689. The molecule has 0 unspecified atom stereocenters. The van der Waals surface area contributed by atoms with Crippen LogP contribution >= 0.6 is 0 Å². The number of nitrogens with zero attached hydrogens (tertiary/aromatic N) is 4. The number of aryl methyl sites for hydroxylation is 2. The number of esters is 1. The molecule has 0 saturated heterocycles. The molecule has 0 aliphatic rings. The number of methoxy groups -OCH3 is 1. The highest BCUT2D eigenvalue weighted by molar-refractivity contribution is 7.92. The second-order valence-electron chi connectivity index (χ2n) is 6.42. The van der Waals surface area contributed by atoms with Gasteiger partial charge in [-0.2, -0.15) is 0 Å². The van der Waals surface area contributed by atoms with Crippen molar-refractivity contribution in [1.29, 1.82) is 0 Å². The number of aromatic nitrogens is 2. The molecular formula is C18H18N4O7S. The number of rotatable bonds is 6. The van der Waals surface area contributed by atoms with Gasteiger partial charge in [0.25, 0.3) is 15.7 Å². The largest absolute Gasteiger partial charge is 0.468 e. The minimum atomic E-state index is -4.33. The summed E-state index contributed by atoms with van der Waals surface area (Å²) in [5, 5.41) is 11.1. The van der Waals surface area contributed by atoms with Crippen LogP contribution in [0.5, 0.6) is 0 Å². The third kappa shape index (κ3) is 3.52. The van der Waals surface area contributed by atoms with Crippen LogP contribution < -0.4 is 9.99 Å². The van der Waals surface area contributed by atoms with Gasteiger partial charge in [0.2, 0.25) is 0 Å². The number of imidazole rings is 1. The van der Waals surface area contributed by atoms with Crippen LogP contribution in [0.3, 0.4) is 0 Å². The fourth-order valence-electron chi connectivity index (χ4n) is 3.03. The van der Waals surface area contributed by atoms with Crippen LogP contribution in [0.25, 0.3) is 11.0 Å². The van der Waals surface area contributed by atoms with E-state index in [0.717, 1.165) is 17.5 Å². The first kappa shape index (κ1) is 21.0. The molecule has 0 amide bonds. The lowest BCUT2D eigenvalue weighted by Crippen LogP contribution is -2.36. The third-order valence-electron chi connectivity index (χ3n) is 4.66. The summed E-state index contributed by atoms with van der Waals surface area (Å²) in [5.41, 5.74) is 0.164. The Bertz CT molecular complexity index is 1320. The number of carbonyl (C=O) groups excluding carboxylic acids is 1. The number of ether oxygens (including phenoxy) is 1. The van der Waals surface area contributed by atoms with E-state index in [1.165, 1.54) is 52.6 Å². The van der Waals surface area contributed by atoms with E-state index in [4.69, 9.17) is 0 Å². The third-order valence-corrected chi connectivity index (χ3v) is 6.43. The molecule has 30 heavy (non-hydrogen) atoms.